The maximum absolute atomic E-state index is 12.3. The second kappa shape index (κ2) is 8.94. The van der Waals surface area contributed by atoms with E-state index in [1.807, 2.05) is 36.9 Å². The minimum Gasteiger partial charge on any atom is -0.350 e. The predicted octanol–water partition coefficient (Wildman–Crippen LogP) is 2.54. The van der Waals surface area contributed by atoms with Crippen LogP contribution in [0, 0.1) is 0 Å². The van der Waals surface area contributed by atoms with Gasteiger partial charge in [-0.2, -0.15) is 0 Å². The van der Waals surface area contributed by atoms with Crippen LogP contribution in [0.15, 0.2) is 29.2 Å². The van der Waals surface area contributed by atoms with Crippen molar-refractivity contribution in [2.24, 2.45) is 0 Å². The fourth-order valence-corrected chi connectivity index (χ4v) is 3.59. The molecule has 1 saturated heterocycles. The Morgan fingerprint density at radius 3 is 2.43 bits per heavy atom. The summed E-state index contributed by atoms with van der Waals surface area (Å²) in [6.45, 7) is 7.30. The highest BCUT2D eigenvalue weighted by Crippen LogP contribution is 2.26. The highest BCUT2D eigenvalue weighted by molar-refractivity contribution is 6.35. The third-order valence-corrected chi connectivity index (χ3v) is 5.27. The van der Waals surface area contributed by atoms with Gasteiger partial charge in [-0.15, -0.1) is 0 Å². The molecule has 0 radical (unpaired) electrons. The number of nitrogens with zero attached hydrogens (tertiary/aromatic N) is 3. The van der Waals surface area contributed by atoms with E-state index in [-0.39, 0.29) is 11.6 Å². The SMILES string of the molecule is CC(C)NC(=O)c1cnc(N2CCN(Cc3c(Cl)cccc3Cl)CC2)[nH]c1=O. The number of carbonyl (C=O) groups excluding carboxylic acids is 1. The van der Waals surface area contributed by atoms with E-state index in [9.17, 15) is 9.59 Å². The minimum absolute atomic E-state index is 0.0180. The number of rotatable bonds is 5. The standard InChI is InChI=1S/C19H23Cl2N5O2/c1-12(2)23-17(27)13-10-22-19(24-18(13)28)26-8-6-25(7-9-26)11-14-15(20)4-3-5-16(14)21/h3-5,10,12H,6-9,11H2,1-2H3,(H,23,27)(H,22,24,28). The van der Waals surface area contributed by atoms with E-state index >= 15 is 0 Å². The van der Waals surface area contributed by atoms with E-state index in [0.717, 1.165) is 18.7 Å². The van der Waals surface area contributed by atoms with Crippen molar-refractivity contribution in [2.75, 3.05) is 31.1 Å². The molecule has 0 unspecified atom stereocenters. The molecule has 0 spiro atoms. The van der Waals surface area contributed by atoms with Crippen molar-refractivity contribution in [1.29, 1.82) is 0 Å². The van der Waals surface area contributed by atoms with Gasteiger partial charge in [0.2, 0.25) is 5.95 Å². The van der Waals surface area contributed by atoms with Gasteiger partial charge in [-0.3, -0.25) is 19.5 Å². The summed E-state index contributed by atoms with van der Waals surface area (Å²) in [6.07, 6.45) is 1.34. The first-order valence-corrected chi connectivity index (χ1v) is 9.91. The Labute approximate surface area is 173 Å². The van der Waals surface area contributed by atoms with Crippen molar-refractivity contribution in [1.82, 2.24) is 20.2 Å². The molecular weight excluding hydrogens is 401 g/mol. The van der Waals surface area contributed by atoms with Gasteiger partial charge in [-0.05, 0) is 26.0 Å². The van der Waals surface area contributed by atoms with Gasteiger partial charge in [0.1, 0.15) is 5.56 Å². The number of benzene rings is 1. The lowest BCUT2D eigenvalue weighted by Gasteiger charge is -2.35. The number of hydrogen-bond donors (Lipinski definition) is 2. The summed E-state index contributed by atoms with van der Waals surface area (Å²) in [7, 11) is 0. The molecule has 3 rings (SSSR count). The second-order valence-corrected chi connectivity index (χ2v) is 7.86. The number of nitrogens with one attached hydrogen (secondary N) is 2. The molecule has 0 saturated carbocycles. The first kappa shape index (κ1) is 20.6. The fourth-order valence-electron chi connectivity index (χ4n) is 3.07. The molecule has 1 aromatic heterocycles. The summed E-state index contributed by atoms with van der Waals surface area (Å²) in [5.41, 5.74) is 0.504. The molecule has 0 atom stereocenters. The van der Waals surface area contributed by atoms with Crippen molar-refractivity contribution in [3.05, 3.63) is 55.9 Å². The average molecular weight is 424 g/mol. The van der Waals surface area contributed by atoms with Crippen LogP contribution < -0.4 is 15.8 Å². The van der Waals surface area contributed by atoms with E-state index in [1.165, 1.54) is 6.20 Å². The third-order valence-electron chi connectivity index (χ3n) is 4.57. The largest absolute Gasteiger partial charge is 0.350 e. The summed E-state index contributed by atoms with van der Waals surface area (Å²) < 4.78 is 0. The van der Waals surface area contributed by atoms with Crippen molar-refractivity contribution < 1.29 is 4.79 Å². The molecule has 150 valence electrons. The van der Waals surface area contributed by atoms with Crippen LogP contribution in [0.5, 0.6) is 0 Å². The zero-order chi connectivity index (χ0) is 20.3. The lowest BCUT2D eigenvalue weighted by atomic mass is 10.2. The highest BCUT2D eigenvalue weighted by Gasteiger charge is 2.21. The molecule has 1 amide bonds. The van der Waals surface area contributed by atoms with E-state index in [4.69, 9.17) is 23.2 Å². The minimum atomic E-state index is -0.437. The van der Waals surface area contributed by atoms with Crippen molar-refractivity contribution in [3.63, 3.8) is 0 Å². The van der Waals surface area contributed by atoms with Crippen LogP contribution in [0.2, 0.25) is 10.0 Å². The van der Waals surface area contributed by atoms with Gasteiger partial charge in [0.15, 0.2) is 0 Å². The number of carbonyl (C=O) groups is 1. The van der Waals surface area contributed by atoms with Gasteiger partial charge in [-0.1, -0.05) is 29.3 Å². The van der Waals surface area contributed by atoms with E-state index < -0.39 is 11.5 Å². The highest BCUT2D eigenvalue weighted by atomic mass is 35.5. The van der Waals surface area contributed by atoms with Crippen LogP contribution in [0.4, 0.5) is 5.95 Å². The summed E-state index contributed by atoms with van der Waals surface area (Å²) in [6, 6.07) is 5.46. The first-order valence-electron chi connectivity index (χ1n) is 9.15. The molecule has 2 heterocycles. The molecule has 2 aromatic rings. The Hall–Kier alpha value is -2.09. The van der Waals surface area contributed by atoms with Crippen molar-refractivity contribution in [3.8, 4) is 0 Å². The fraction of sp³-hybridized carbons (Fsp3) is 0.421. The van der Waals surface area contributed by atoms with Gasteiger partial charge < -0.3 is 10.2 Å². The Morgan fingerprint density at radius 2 is 1.86 bits per heavy atom. The lowest BCUT2D eigenvalue weighted by Crippen LogP contribution is -2.47. The van der Waals surface area contributed by atoms with Gasteiger partial charge >= 0.3 is 0 Å². The molecule has 1 aliphatic heterocycles. The van der Waals surface area contributed by atoms with Gasteiger partial charge in [0.05, 0.1) is 0 Å². The van der Waals surface area contributed by atoms with Crippen LogP contribution in [0.25, 0.3) is 0 Å². The molecule has 9 heteroatoms. The topological polar surface area (TPSA) is 81.3 Å². The molecule has 1 aliphatic rings. The van der Waals surface area contributed by atoms with Crippen LogP contribution in [0.3, 0.4) is 0 Å². The van der Waals surface area contributed by atoms with Crippen LogP contribution >= 0.6 is 23.2 Å². The third kappa shape index (κ3) is 4.84. The summed E-state index contributed by atoms with van der Waals surface area (Å²) in [5.74, 6) is 0.0539. The lowest BCUT2D eigenvalue weighted by molar-refractivity contribution is 0.0941. The Morgan fingerprint density at radius 1 is 1.21 bits per heavy atom. The molecule has 0 bridgehead atoms. The number of aromatic amines is 1. The zero-order valence-corrected chi connectivity index (χ0v) is 17.3. The second-order valence-electron chi connectivity index (χ2n) is 7.04. The van der Waals surface area contributed by atoms with Gasteiger partial charge in [-0.25, -0.2) is 4.98 Å². The normalized spacial score (nSPS) is 15.1. The quantitative estimate of drug-likeness (QED) is 0.771. The van der Waals surface area contributed by atoms with Crippen molar-refractivity contribution >= 4 is 35.1 Å². The Kier molecular flexibility index (Phi) is 6.59. The predicted molar refractivity (Wildman–Crippen MR) is 111 cm³/mol. The molecule has 0 aliphatic carbocycles. The maximum atomic E-state index is 12.3. The molecular formula is C19H23Cl2N5O2. The number of aromatic nitrogens is 2. The van der Waals surface area contributed by atoms with E-state index in [0.29, 0.717) is 35.6 Å². The van der Waals surface area contributed by atoms with E-state index in [2.05, 4.69) is 20.2 Å². The molecule has 7 nitrogen and oxygen atoms in total. The number of anilines is 1. The molecule has 2 N–H and O–H groups in total. The molecule has 28 heavy (non-hydrogen) atoms. The Balaban J connectivity index is 1.63. The van der Waals surface area contributed by atoms with Crippen LogP contribution in [-0.4, -0.2) is 53.0 Å². The first-order chi connectivity index (χ1) is 13.3. The smallest absolute Gasteiger partial charge is 0.265 e. The summed E-state index contributed by atoms with van der Waals surface area (Å²) >= 11 is 12.5. The van der Waals surface area contributed by atoms with Crippen LogP contribution in [-0.2, 0) is 6.54 Å². The number of amides is 1. The van der Waals surface area contributed by atoms with Gasteiger partial charge in [0, 0.05) is 60.6 Å². The summed E-state index contributed by atoms with van der Waals surface area (Å²) in [4.78, 5) is 35.5. The monoisotopic (exact) mass is 423 g/mol. The average Bonchev–Trinajstić information content (AvgIpc) is 2.64. The molecule has 1 fully saturated rings. The zero-order valence-electron chi connectivity index (χ0n) is 15.8. The summed E-state index contributed by atoms with van der Waals surface area (Å²) in [5, 5.41) is 4.02. The van der Waals surface area contributed by atoms with E-state index in [1.54, 1.807) is 0 Å². The van der Waals surface area contributed by atoms with Crippen molar-refractivity contribution in [2.45, 2.75) is 26.4 Å². The molecule has 1 aromatic carbocycles. The van der Waals surface area contributed by atoms with Gasteiger partial charge in [0.25, 0.3) is 11.5 Å². The number of H-pyrrole nitrogens is 1. The maximum Gasteiger partial charge on any atom is 0.265 e. The number of halogens is 2. The van der Waals surface area contributed by atoms with Crippen LogP contribution in [0.1, 0.15) is 29.8 Å². The Bertz CT molecular complexity index is 887. The number of piperazine rings is 1. The number of hydrogen-bond acceptors (Lipinski definition) is 5.